The number of aliphatic hydroxyl groups is 1. The molecule has 0 radical (unpaired) electrons. The van der Waals surface area contributed by atoms with Gasteiger partial charge in [-0.15, -0.1) is 0 Å². The van der Waals surface area contributed by atoms with Crippen molar-refractivity contribution in [3.8, 4) is 0 Å². The lowest BCUT2D eigenvalue weighted by atomic mass is 9.86. The number of nitrogens with one attached hydrogen (secondary N) is 3. The van der Waals surface area contributed by atoms with Crippen molar-refractivity contribution < 1.29 is 24.2 Å². The summed E-state index contributed by atoms with van der Waals surface area (Å²) in [5, 5.41) is 18.5. The number of carbonyl (C=O) groups is 3. The maximum atomic E-state index is 12.9. The van der Waals surface area contributed by atoms with E-state index in [1.807, 2.05) is 45.9 Å². The van der Waals surface area contributed by atoms with E-state index in [0.717, 1.165) is 5.56 Å². The molecule has 1 aliphatic rings. The first-order chi connectivity index (χ1) is 15.5. The third-order valence-electron chi connectivity index (χ3n) is 5.78. The summed E-state index contributed by atoms with van der Waals surface area (Å²) >= 11 is 6.08. The smallest absolute Gasteiger partial charge is 0.407 e. The SMILES string of the molecule is CC(C)CC(NC(=O)OCC(C)(C)c1cccc(Cl)c1)C(=O)NC(CO)C[C@@H]1CCNC1=O. The van der Waals surface area contributed by atoms with Gasteiger partial charge in [-0.2, -0.15) is 0 Å². The fourth-order valence-electron chi connectivity index (χ4n) is 3.82. The fourth-order valence-corrected chi connectivity index (χ4v) is 4.01. The van der Waals surface area contributed by atoms with Gasteiger partial charge < -0.3 is 25.8 Å². The lowest BCUT2D eigenvalue weighted by Crippen LogP contribution is -2.51. The van der Waals surface area contributed by atoms with Gasteiger partial charge in [0.1, 0.15) is 12.6 Å². The third kappa shape index (κ3) is 8.51. The lowest BCUT2D eigenvalue weighted by molar-refractivity contribution is -0.126. The molecular formula is C24H36ClN3O5. The van der Waals surface area contributed by atoms with Crippen LogP contribution in [0, 0.1) is 11.8 Å². The second-order valence-electron chi connectivity index (χ2n) is 9.70. The molecule has 2 rings (SSSR count). The first-order valence-corrected chi connectivity index (χ1v) is 11.8. The molecule has 0 aliphatic carbocycles. The Morgan fingerprint density at radius 3 is 2.61 bits per heavy atom. The van der Waals surface area contributed by atoms with Crippen LogP contribution in [0.4, 0.5) is 4.79 Å². The van der Waals surface area contributed by atoms with E-state index in [1.54, 1.807) is 6.07 Å². The highest BCUT2D eigenvalue weighted by Crippen LogP contribution is 2.26. The molecule has 0 saturated carbocycles. The molecular weight excluding hydrogens is 446 g/mol. The summed E-state index contributed by atoms with van der Waals surface area (Å²) in [6.07, 6.45) is 0.733. The summed E-state index contributed by atoms with van der Waals surface area (Å²) in [6.45, 7) is 8.19. The Hall–Kier alpha value is -2.32. The van der Waals surface area contributed by atoms with Crippen LogP contribution in [0.2, 0.25) is 5.02 Å². The Morgan fingerprint density at radius 2 is 2.03 bits per heavy atom. The highest BCUT2D eigenvalue weighted by Gasteiger charge is 2.30. The molecule has 0 aromatic heterocycles. The summed E-state index contributed by atoms with van der Waals surface area (Å²) < 4.78 is 5.44. The first kappa shape index (κ1) is 26.9. The summed E-state index contributed by atoms with van der Waals surface area (Å²) in [7, 11) is 0. The summed E-state index contributed by atoms with van der Waals surface area (Å²) in [5.41, 5.74) is 0.461. The van der Waals surface area contributed by atoms with Gasteiger partial charge in [0.15, 0.2) is 0 Å². The maximum absolute atomic E-state index is 12.9. The summed E-state index contributed by atoms with van der Waals surface area (Å²) in [6, 6.07) is 5.98. The van der Waals surface area contributed by atoms with Gasteiger partial charge in [-0.3, -0.25) is 9.59 Å². The van der Waals surface area contributed by atoms with Crippen LogP contribution in [0.1, 0.15) is 52.5 Å². The molecule has 1 aliphatic heterocycles. The maximum Gasteiger partial charge on any atom is 0.407 e. The van der Waals surface area contributed by atoms with Crippen molar-refractivity contribution in [2.75, 3.05) is 19.8 Å². The number of ether oxygens (including phenoxy) is 1. The quantitative estimate of drug-likeness (QED) is 0.387. The summed E-state index contributed by atoms with van der Waals surface area (Å²) in [5.74, 6) is -0.576. The molecule has 8 nitrogen and oxygen atoms in total. The molecule has 2 unspecified atom stereocenters. The zero-order valence-electron chi connectivity index (χ0n) is 19.8. The predicted molar refractivity (Wildman–Crippen MR) is 127 cm³/mol. The van der Waals surface area contributed by atoms with Crippen LogP contribution in [0.5, 0.6) is 0 Å². The van der Waals surface area contributed by atoms with Gasteiger partial charge in [-0.1, -0.05) is 51.4 Å². The molecule has 0 spiro atoms. The van der Waals surface area contributed by atoms with E-state index in [4.69, 9.17) is 16.3 Å². The minimum Gasteiger partial charge on any atom is -0.449 e. The minimum atomic E-state index is -0.821. The van der Waals surface area contributed by atoms with E-state index in [9.17, 15) is 19.5 Å². The number of aliphatic hydroxyl groups excluding tert-OH is 1. The largest absolute Gasteiger partial charge is 0.449 e. The first-order valence-electron chi connectivity index (χ1n) is 11.4. The van der Waals surface area contributed by atoms with Gasteiger partial charge in [0.05, 0.1) is 12.6 Å². The average Bonchev–Trinajstić information content (AvgIpc) is 3.15. The van der Waals surface area contributed by atoms with Gasteiger partial charge in [0.2, 0.25) is 11.8 Å². The fraction of sp³-hybridized carbons (Fsp3) is 0.625. The van der Waals surface area contributed by atoms with Crippen LogP contribution in [0.3, 0.4) is 0 Å². The molecule has 184 valence electrons. The Balaban J connectivity index is 1.95. The van der Waals surface area contributed by atoms with Crippen LogP contribution in [0.25, 0.3) is 0 Å². The average molecular weight is 482 g/mol. The van der Waals surface area contributed by atoms with Crippen LogP contribution in [-0.2, 0) is 19.7 Å². The molecule has 1 fully saturated rings. The normalized spacial score (nSPS) is 17.9. The van der Waals surface area contributed by atoms with Gasteiger partial charge in [0.25, 0.3) is 0 Å². The van der Waals surface area contributed by atoms with Crippen molar-refractivity contribution in [2.45, 2.75) is 64.5 Å². The number of hydrogen-bond donors (Lipinski definition) is 4. The van der Waals surface area contributed by atoms with Crippen LogP contribution in [-0.4, -0.2) is 54.9 Å². The van der Waals surface area contributed by atoms with Gasteiger partial charge >= 0.3 is 6.09 Å². The number of rotatable bonds is 11. The standard InChI is InChI=1S/C24H36ClN3O5/c1-15(2)10-20(22(31)27-19(13-29)11-16-8-9-26-21(16)30)28-23(32)33-14-24(3,4)17-6-5-7-18(25)12-17/h5-7,12,15-16,19-20,29H,8-11,13-14H2,1-4H3,(H,26,30)(H,27,31)(H,28,32)/t16-,19?,20?/m0/s1. The molecule has 3 amide bonds. The molecule has 1 saturated heterocycles. The van der Waals surface area contributed by atoms with Crippen molar-refractivity contribution >= 4 is 29.5 Å². The Kier molecular flexibility index (Phi) is 9.98. The monoisotopic (exact) mass is 481 g/mol. The van der Waals surface area contributed by atoms with Gasteiger partial charge in [-0.05, 0) is 42.9 Å². The number of halogens is 1. The molecule has 1 aromatic rings. The molecule has 3 atom stereocenters. The number of hydrogen-bond acceptors (Lipinski definition) is 5. The van der Waals surface area contributed by atoms with Crippen LogP contribution < -0.4 is 16.0 Å². The second kappa shape index (κ2) is 12.2. The van der Waals surface area contributed by atoms with Gasteiger partial charge in [-0.25, -0.2) is 4.79 Å². The minimum absolute atomic E-state index is 0.0644. The van der Waals surface area contributed by atoms with Crippen LogP contribution >= 0.6 is 11.6 Å². The topological polar surface area (TPSA) is 117 Å². The predicted octanol–water partition coefficient (Wildman–Crippen LogP) is 2.76. The second-order valence-corrected chi connectivity index (χ2v) is 10.1. The Labute approximate surface area is 200 Å². The van der Waals surface area contributed by atoms with Crippen LogP contribution in [0.15, 0.2) is 24.3 Å². The highest BCUT2D eigenvalue weighted by molar-refractivity contribution is 6.30. The van der Waals surface area contributed by atoms with E-state index in [-0.39, 0.29) is 31.0 Å². The lowest BCUT2D eigenvalue weighted by Gasteiger charge is -2.27. The number of carbonyl (C=O) groups excluding carboxylic acids is 3. The van der Waals surface area contributed by atoms with Crippen molar-refractivity contribution in [1.29, 1.82) is 0 Å². The van der Waals surface area contributed by atoms with E-state index >= 15 is 0 Å². The van der Waals surface area contributed by atoms with Crippen molar-refractivity contribution in [1.82, 2.24) is 16.0 Å². The third-order valence-corrected chi connectivity index (χ3v) is 6.02. The van der Waals surface area contributed by atoms with E-state index in [2.05, 4.69) is 16.0 Å². The molecule has 1 aromatic carbocycles. The number of amides is 3. The van der Waals surface area contributed by atoms with Crippen molar-refractivity contribution in [3.05, 3.63) is 34.9 Å². The Bertz CT molecular complexity index is 830. The zero-order chi connectivity index (χ0) is 24.6. The Morgan fingerprint density at radius 1 is 1.30 bits per heavy atom. The van der Waals surface area contributed by atoms with Gasteiger partial charge in [0, 0.05) is 22.9 Å². The highest BCUT2D eigenvalue weighted by atomic mass is 35.5. The summed E-state index contributed by atoms with van der Waals surface area (Å²) in [4.78, 5) is 37.2. The molecule has 4 N–H and O–H groups in total. The molecule has 0 bridgehead atoms. The molecule has 1 heterocycles. The van der Waals surface area contributed by atoms with Crippen molar-refractivity contribution in [3.63, 3.8) is 0 Å². The van der Waals surface area contributed by atoms with E-state index < -0.39 is 29.5 Å². The van der Waals surface area contributed by atoms with E-state index in [1.165, 1.54) is 0 Å². The molecule has 9 heteroatoms. The zero-order valence-corrected chi connectivity index (χ0v) is 20.6. The number of alkyl carbamates (subject to hydrolysis) is 1. The number of benzene rings is 1. The molecule has 33 heavy (non-hydrogen) atoms. The van der Waals surface area contributed by atoms with E-state index in [0.29, 0.717) is 30.8 Å². The van der Waals surface area contributed by atoms with Crippen molar-refractivity contribution in [2.24, 2.45) is 11.8 Å².